The summed E-state index contributed by atoms with van der Waals surface area (Å²) in [7, 11) is 2.10. The first kappa shape index (κ1) is 18.0. The molecule has 0 spiro atoms. The predicted octanol–water partition coefficient (Wildman–Crippen LogP) is 6.57. The average Bonchev–Trinajstić information content (AvgIpc) is 2.74. The molecule has 0 unspecified atom stereocenters. The predicted molar refractivity (Wildman–Crippen MR) is 123 cm³/mol. The number of nitrogens with zero attached hydrogens (tertiary/aromatic N) is 3. The number of para-hydroxylation sites is 1. The standard InChI is InChI=1S/C23H17ClN4S/c1-28-20-4-2-3-5-22(20)29-23-12-15(6-9-21(23)28)14-26-27-18-10-11-25-19-13-16(24)7-8-17(18)19/h2-14H,1H3,(H,25,27)/b26-14+. The maximum Gasteiger partial charge on any atom is 0.0738 e. The zero-order valence-corrected chi connectivity index (χ0v) is 17.2. The Morgan fingerprint density at radius 3 is 2.79 bits per heavy atom. The van der Waals surface area contributed by atoms with E-state index in [0.717, 1.165) is 22.2 Å². The lowest BCUT2D eigenvalue weighted by atomic mass is 10.2. The van der Waals surface area contributed by atoms with Crippen LogP contribution in [-0.2, 0) is 0 Å². The van der Waals surface area contributed by atoms with Crippen LogP contribution >= 0.6 is 23.4 Å². The topological polar surface area (TPSA) is 40.5 Å². The molecule has 5 rings (SSSR count). The fourth-order valence-electron chi connectivity index (χ4n) is 3.43. The highest BCUT2D eigenvalue weighted by Crippen LogP contribution is 2.47. The number of rotatable bonds is 3. The molecular formula is C23H17ClN4S. The lowest BCUT2D eigenvalue weighted by molar-refractivity contribution is 1.11. The Hall–Kier alpha value is -3.02. The van der Waals surface area contributed by atoms with Gasteiger partial charge in [-0.1, -0.05) is 41.6 Å². The molecule has 1 aliphatic rings. The second-order valence-corrected chi connectivity index (χ2v) is 8.27. The van der Waals surface area contributed by atoms with E-state index in [4.69, 9.17) is 11.6 Å². The minimum atomic E-state index is 0.670. The Balaban J connectivity index is 1.39. The van der Waals surface area contributed by atoms with Gasteiger partial charge in [0, 0.05) is 33.4 Å². The summed E-state index contributed by atoms with van der Waals surface area (Å²) in [4.78, 5) is 9.07. The third kappa shape index (κ3) is 3.43. The molecule has 0 aliphatic carbocycles. The van der Waals surface area contributed by atoms with Crippen molar-refractivity contribution in [3.63, 3.8) is 0 Å². The minimum absolute atomic E-state index is 0.670. The van der Waals surface area contributed by atoms with Gasteiger partial charge in [-0.15, -0.1) is 0 Å². The Morgan fingerprint density at radius 2 is 1.86 bits per heavy atom. The number of pyridine rings is 1. The van der Waals surface area contributed by atoms with Crippen LogP contribution in [0, 0.1) is 0 Å². The van der Waals surface area contributed by atoms with Crippen LogP contribution in [0.2, 0.25) is 5.02 Å². The number of hydrazone groups is 1. The lowest BCUT2D eigenvalue weighted by Gasteiger charge is -2.29. The monoisotopic (exact) mass is 416 g/mol. The van der Waals surface area contributed by atoms with Crippen LogP contribution in [0.15, 0.2) is 87.8 Å². The van der Waals surface area contributed by atoms with E-state index in [1.54, 1.807) is 18.0 Å². The number of benzene rings is 3. The van der Waals surface area contributed by atoms with Crippen molar-refractivity contribution in [1.29, 1.82) is 0 Å². The molecule has 4 aromatic rings. The van der Waals surface area contributed by atoms with Crippen LogP contribution in [0.3, 0.4) is 0 Å². The van der Waals surface area contributed by atoms with Crippen LogP contribution in [0.4, 0.5) is 17.1 Å². The molecule has 142 valence electrons. The molecular weight excluding hydrogens is 400 g/mol. The smallest absolute Gasteiger partial charge is 0.0738 e. The number of hydrogen-bond donors (Lipinski definition) is 1. The highest BCUT2D eigenvalue weighted by molar-refractivity contribution is 7.99. The normalized spacial score (nSPS) is 12.8. The van der Waals surface area contributed by atoms with Crippen molar-refractivity contribution in [2.75, 3.05) is 17.4 Å². The first-order valence-electron chi connectivity index (χ1n) is 9.17. The van der Waals surface area contributed by atoms with Crippen LogP contribution < -0.4 is 10.3 Å². The van der Waals surface area contributed by atoms with Crippen molar-refractivity contribution in [2.45, 2.75) is 9.79 Å². The summed E-state index contributed by atoms with van der Waals surface area (Å²) in [6.07, 6.45) is 3.59. The fourth-order valence-corrected chi connectivity index (χ4v) is 4.80. The first-order valence-corrected chi connectivity index (χ1v) is 10.4. The summed E-state index contributed by atoms with van der Waals surface area (Å²) >= 11 is 7.85. The van der Waals surface area contributed by atoms with E-state index in [0.29, 0.717) is 5.02 Å². The highest BCUT2D eigenvalue weighted by atomic mass is 35.5. The zero-order valence-electron chi connectivity index (χ0n) is 15.6. The van der Waals surface area contributed by atoms with Gasteiger partial charge in [0.2, 0.25) is 0 Å². The number of hydrogen-bond acceptors (Lipinski definition) is 5. The maximum atomic E-state index is 6.06. The molecule has 6 heteroatoms. The summed E-state index contributed by atoms with van der Waals surface area (Å²) in [6, 6.07) is 22.4. The molecule has 0 atom stereocenters. The maximum absolute atomic E-state index is 6.06. The van der Waals surface area contributed by atoms with Gasteiger partial charge in [-0.05, 0) is 54.1 Å². The second-order valence-electron chi connectivity index (χ2n) is 6.75. The second kappa shape index (κ2) is 7.43. The first-order chi connectivity index (χ1) is 14.2. The number of aromatic nitrogens is 1. The molecule has 0 amide bonds. The van der Waals surface area contributed by atoms with E-state index in [1.165, 1.54) is 21.2 Å². The largest absolute Gasteiger partial charge is 0.343 e. The van der Waals surface area contributed by atoms with E-state index < -0.39 is 0 Å². The van der Waals surface area contributed by atoms with Crippen LogP contribution in [-0.4, -0.2) is 18.2 Å². The molecule has 1 N–H and O–H groups in total. The van der Waals surface area contributed by atoms with Crippen molar-refractivity contribution in [3.8, 4) is 0 Å². The summed E-state index contributed by atoms with van der Waals surface area (Å²) in [5.41, 5.74) is 8.34. The summed E-state index contributed by atoms with van der Waals surface area (Å²) in [6.45, 7) is 0. The average molecular weight is 417 g/mol. The van der Waals surface area contributed by atoms with Gasteiger partial charge in [-0.3, -0.25) is 10.4 Å². The zero-order chi connectivity index (χ0) is 19.8. The minimum Gasteiger partial charge on any atom is -0.343 e. The quantitative estimate of drug-likeness (QED) is 0.303. The molecule has 29 heavy (non-hydrogen) atoms. The Kier molecular flexibility index (Phi) is 4.62. The Bertz CT molecular complexity index is 1250. The molecule has 0 saturated carbocycles. The van der Waals surface area contributed by atoms with Crippen molar-refractivity contribution in [2.24, 2.45) is 5.10 Å². The summed E-state index contributed by atoms with van der Waals surface area (Å²) < 4.78 is 0. The van der Waals surface area contributed by atoms with Gasteiger partial charge in [0.1, 0.15) is 0 Å². The van der Waals surface area contributed by atoms with E-state index in [2.05, 4.69) is 69.9 Å². The van der Waals surface area contributed by atoms with Crippen LogP contribution in [0.1, 0.15) is 5.56 Å². The van der Waals surface area contributed by atoms with Gasteiger partial charge in [0.15, 0.2) is 0 Å². The number of fused-ring (bicyclic) bond motifs is 3. The summed E-state index contributed by atoms with van der Waals surface area (Å²) in [5, 5.41) is 6.09. The molecule has 1 aliphatic heterocycles. The van der Waals surface area contributed by atoms with Crippen molar-refractivity contribution < 1.29 is 0 Å². The third-order valence-corrected chi connectivity index (χ3v) is 6.24. The lowest BCUT2D eigenvalue weighted by Crippen LogP contribution is -2.14. The molecule has 4 nitrogen and oxygen atoms in total. The molecule has 0 fully saturated rings. The van der Waals surface area contributed by atoms with E-state index in [9.17, 15) is 0 Å². The number of anilines is 3. The van der Waals surface area contributed by atoms with Crippen molar-refractivity contribution in [1.82, 2.24) is 4.98 Å². The van der Waals surface area contributed by atoms with E-state index in [1.807, 2.05) is 30.5 Å². The third-order valence-electron chi connectivity index (χ3n) is 4.90. The van der Waals surface area contributed by atoms with E-state index >= 15 is 0 Å². The molecule has 0 bridgehead atoms. The summed E-state index contributed by atoms with van der Waals surface area (Å²) in [5.74, 6) is 0. The van der Waals surface area contributed by atoms with Crippen molar-refractivity contribution in [3.05, 3.63) is 83.5 Å². The molecule has 1 aromatic heterocycles. The molecule has 0 radical (unpaired) electrons. The molecule has 0 saturated heterocycles. The van der Waals surface area contributed by atoms with Crippen molar-refractivity contribution >= 4 is 57.5 Å². The van der Waals surface area contributed by atoms with Gasteiger partial charge in [-0.25, -0.2) is 0 Å². The van der Waals surface area contributed by atoms with Crippen LogP contribution in [0.5, 0.6) is 0 Å². The Labute approximate surface area is 178 Å². The highest BCUT2D eigenvalue weighted by Gasteiger charge is 2.20. The fraction of sp³-hybridized carbons (Fsp3) is 0.0435. The van der Waals surface area contributed by atoms with Gasteiger partial charge in [-0.2, -0.15) is 5.10 Å². The SMILES string of the molecule is CN1c2ccccc2Sc2cc(/C=N/Nc3ccnc4cc(Cl)ccc34)ccc21. The van der Waals surface area contributed by atoms with Gasteiger partial charge in [0.25, 0.3) is 0 Å². The molecule has 3 aromatic carbocycles. The Morgan fingerprint density at radius 1 is 1.00 bits per heavy atom. The van der Waals surface area contributed by atoms with Gasteiger partial charge < -0.3 is 4.90 Å². The number of halogens is 1. The van der Waals surface area contributed by atoms with Gasteiger partial charge in [0.05, 0.1) is 28.8 Å². The van der Waals surface area contributed by atoms with Gasteiger partial charge >= 0.3 is 0 Å². The molecule has 2 heterocycles. The van der Waals surface area contributed by atoms with E-state index in [-0.39, 0.29) is 0 Å². The van der Waals surface area contributed by atoms with Crippen LogP contribution in [0.25, 0.3) is 10.9 Å². The number of nitrogens with one attached hydrogen (secondary N) is 1.